The first-order valence-electron chi connectivity index (χ1n) is 7.17. The van der Waals surface area contributed by atoms with E-state index in [2.05, 4.69) is 48.5 Å². The lowest BCUT2D eigenvalue weighted by molar-refractivity contribution is 0.185. The van der Waals surface area contributed by atoms with E-state index in [-0.39, 0.29) is 0 Å². The van der Waals surface area contributed by atoms with E-state index in [0.717, 1.165) is 4.77 Å². The first-order valence-corrected chi connectivity index (χ1v) is 7.58. The summed E-state index contributed by atoms with van der Waals surface area (Å²) in [5.74, 6) is 0. The summed E-state index contributed by atoms with van der Waals surface area (Å²) in [6.45, 7) is 6.90. The smallest absolute Gasteiger partial charge is 0.178 e. The van der Waals surface area contributed by atoms with Gasteiger partial charge in [-0.3, -0.25) is 0 Å². The quantitative estimate of drug-likeness (QED) is 0.713. The molecule has 1 N–H and O–H groups in total. The van der Waals surface area contributed by atoms with Crippen molar-refractivity contribution in [3.63, 3.8) is 0 Å². The third kappa shape index (κ3) is 2.36. The second-order valence-corrected chi connectivity index (χ2v) is 7.12. The van der Waals surface area contributed by atoms with Crippen molar-refractivity contribution < 1.29 is 0 Å². The monoisotopic (exact) mass is 274 g/mol. The third-order valence-electron chi connectivity index (χ3n) is 4.42. The molecule has 1 aliphatic rings. The number of H-pyrrole nitrogens is 1. The van der Waals surface area contributed by atoms with E-state index in [1.54, 1.807) is 0 Å². The van der Waals surface area contributed by atoms with Crippen LogP contribution in [0.3, 0.4) is 0 Å². The first kappa shape index (κ1) is 12.9. The summed E-state index contributed by atoms with van der Waals surface area (Å²) in [6, 6.07) is 7.09. The maximum atomic E-state index is 5.56. The molecule has 3 heteroatoms. The standard InChI is InChI=1S/C16H22N2S/c1-11-6-7-13-14(9-11)18(15(19)17-13)12-5-4-8-16(2,3)10-12/h6-7,9,12H,4-5,8,10H2,1-3H3,(H,17,19). The molecule has 1 heterocycles. The van der Waals surface area contributed by atoms with E-state index in [4.69, 9.17) is 12.2 Å². The number of rotatable bonds is 1. The van der Waals surface area contributed by atoms with Crippen molar-refractivity contribution in [3.05, 3.63) is 28.5 Å². The first-order chi connectivity index (χ1) is 8.96. The molecule has 0 amide bonds. The minimum Gasteiger partial charge on any atom is -0.331 e. The third-order valence-corrected chi connectivity index (χ3v) is 4.72. The summed E-state index contributed by atoms with van der Waals surface area (Å²) in [7, 11) is 0. The molecule has 1 fully saturated rings. The summed E-state index contributed by atoms with van der Waals surface area (Å²) >= 11 is 5.56. The largest absolute Gasteiger partial charge is 0.331 e. The number of hydrogen-bond donors (Lipinski definition) is 1. The van der Waals surface area contributed by atoms with E-state index in [9.17, 15) is 0 Å². The maximum absolute atomic E-state index is 5.56. The molecule has 1 aliphatic carbocycles. The van der Waals surface area contributed by atoms with Crippen LogP contribution >= 0.6 is 12.2 Å². The van der Waals surface area contributed by atoms with Gasteiger partial charge in [-0.15, -0.1) is 0 Å². The van der Waals surface area contributed by atoms with Gasteiger partial charge in [0.25, 0.3) is 0 Å². The Morgan fingerprint density at radius 2 is 2.16 bits per heavy atom. The van der Waals surface area contributed by atoms with Crippen molar-refractivity contribution in [2.24, 2.45) is 5.41 Å². The molecule has 1 aromatic heterocycles. The van der Waals surface area contributed by atoms with Gasteiger partial charge in [-0.2, -0.15) is 0 Å². The van der Waals surface area contributed by atoms with Crippen molar-refractivity contribution >= 4 is 23.3 Å². The van der Waals surface area contributed by atoms with E-state index in [1.165, 1.54) is 42.3 Å². The lowest BCUT2D eigenvalue weighted by atomic mass is 9.75. The van der Waals surface area contributed by atoms with Crippen LogP contribution in [0.15, 0.2) is 18.2 Å². The van der Waals surface area contributed by atoms with E-state index in [0.29, 0.717) is 11.5 Å². The topological polar surface area (TPSA) is 20.7 Å². The van der Waals surface area contributed by atoms with Gasteiger partial charge in [0, 0.05) is 6.04 Å². The van der Waals surface area contributed by atoms with Gasteiger partial charge in [-0.25, -0.2) is 0 Å². The predicted molar refractivity (Wildman–Crippen MR) is 83.1 cm³/mol. The molecule has 1 unspecified atom stereocenters. The second kappa shape index (κ2) is 4.48. The molecule has 0 bridgehead atoms. The molecule has 0 spiro atoms. The second-order valence-electron chi connectivity index (χ2n) is 6.74. The van der Waals surface area contributed by atoms with Crippen LogP contribution in [0.4, 0.5) is 0 Å². The zero-order valence-corrected chi connectivity index (χ0v) is 12.8. The van der Waals surface area contributed by atoms with Gasteiger partial charge in [-0.05, 0) is 61.5 Å². The molecule has 1 aromatic carbocycles. The highest BCUT2D eigenvalue weighted by Crippen LogP contribution is 2.42. The number of fused-ring (bicyclic) bond motifs is 1. The fourth-order valence-electron chi connectivity index (χ4n) is 3.47. The average molecular weight is 274 g/mol. The number of hydrogen-bond acceptors (Lipinski definition) is 1. The molecule has 102 valence electrons. The van der Waals surface area contributed by atoms with Crippen LogP contribution in [0.2, 0.25) is 0 Å². The number of aromatic nitrogens is 2. The van der Waals surface area contributed by atoms with Crippen molar-refractivity contribution in [2.75, 3.05) is 0 Å². The number of imidazole rings is 1. The van der Waals surface area contributed by atoms with Crippen molar-refractivity contribution in [3.8, 4) is 0 Å². The van der Waals surface area contributed by atoms with Gasteiger partial charge in [0.05, 0.1) is 11.0 Å². The molecular formula is C16H22N2S. The van der Waals surface area contributed by atoms with E-state index < -0.39 is 0 Å². The minimum absolute atomic E-state index is 0.436. The van der Waals surface area contributed by atoms with Gasteiger partial charge in [0.15, 0.2) is 4.77 Å². The Morgan fingerprint density at radius 3 is 2.89 bits per heavy atom. The molecule has 1 saturated carbocycles. The molecular weight excluding hydrogens is 252 g/mol. The van der Waals surface area contributed by atoms with Gasteiger partial charge in [-0.1, -0.05) is 26.3 Å². The molecule has 0 aliphatic heterocycles. The van der Waals surface area contributed by atoms with Gasteiger partial charge < -0.3 is 9.55 Å². The molecule has 3 rings (SSSR count). The summed E-state index contributed by atoms with van der Waals surface area (Å²) in [5, 5.41) is 0. The zero-order valence-electron chi connectivity index (χ0n) is 12.0. The number of aromatic amines is 1. The highest BCUT2D eigenvalue weighted by atomic mass is 32.1. The van der Waals surface area contributed by atoms with Gasteiger partial charge in [0.1, 0.15) is 0 Å². The van der Waals surface area contributed by atoms with Crippen LogP contribution < -0.4 is 0 Å². The van der Waals surface area contributed by atoms with Crippen LogP contribution in [0.25, 0.3) is 11.0 Å². The average Bonchev–Trinajstić information content (AvgIpc) is 2.63. The van der Waals surface area contributed by atoms with Crippen LogP contribution in [-0.4, -0.2) is 9.55 Å². The van der Waals surface area contributed by atoms with Gasteiger partial charge in [0.2, 0.25) is 0 Å². The lowest BCUT2D eigenvalue weighted by Gasteiger charge is -2.36. The normalized spacial score (nSPS) is 22.8. The SMILES string of the molecule is Cc1ccc2[nH]c(=S)n(C3CCCC(C)(C)C3)c2c1. The number of nitrogens with one attached hydrogen (secondary N) is 1. The highest BCUT2D eigenvalue weighted by Gasteiger charge is 2.29. The Morgan fingerprint density at radius 1 is 1.37 bits per heavy atom. The van der Waals surface area contributed by atoms with Crippen molar-refractivity contribution in [1.82, 2.24) is 9.55 Å². The molecule has 19 heavy (non-hydrogen) atoms. The Bertz CT molecular complexity index is 663. The van der Waals surface area contributed by atoms with E-state index >= 15 is 0 Å². The van der Waals surface area contributed by atoms with Gasteiger partial charge >= 0.3 is 0 Å². The van der Waals surface area contributed by atoms with Crippen LogP contribution in [0.5, 0.6) is 0 Å². The Hall–Kier alpha value is -1.09. The Kier molecular flexibility index (Phi) is 3.05. The molecule has 0 saturated heterocycles. The maximum Gasteiger partial charge on any atom is 0.178 e. The number of benzene rings is 1. The van der Waals surface area contributed by atoms with E-state index in [1.807, 2.05) is 0 Å². The van der Waals surface area contributed by atoms with Crippen LogP contribution in [0, 0.1) is 17.1 Å². The predicted octanol–water partition coefficient (Wildman–Crippen LogP) is 5.15. The summed E-state index contributed by atoms with van der Waals surface area (Å²) in [5.41, 5.74) is 4.17. The van der Waals surface area contributed by atoms with Crippen LogP contribution in [-0.2, 0) is 0 Å². The highest BCUT2D eigenvalue weighted by molar-refractivity contribution is 7.71. The van der Waals surface area contributed by atoms with Crippen molar-refractivity contribution in [1.29, 1.82) is 0 Å². The minimum atomic E-state index is 0.436. The summed E-state index contributed by atoms with van der Waals surface area (Å²) < 4.78 is 3.24. The zero-order chi connectivity index (χ0) is 13.6. The Balaban J connectivity index is 2.11. The molecule has 0 radical (unpaired) electrons. The molecule has 2 nitrogen and oxygen atoms in total. The lowest BCUT2D eigenvalue weighted by Crippen LogP contribution is -2.25. The number of nitrogens with zero attached hydrogens (tertiary/aromatic N) is 1. The fraction of sp³-hybridized carbons (Fsp3) is 0.562. The molecule has 2 aromatic rings. The summed E-state index contributed by atoms with van der Waals surface area (Å²) in [6.07, 6.45) is 5.11. The Labute approximate surface area is 119 Å². The molecule has 1 atom stereocenters. The van der Waals surface area contributed by atoms with Crippen molar-refractivity contribution in [2.45, 2.75) is 52.5 Å². The van der Waals surface area contributed by atoms with Crippen LogP contribution in [0.1, 0.15) is 51.1 Å². The number of aryl methyl sites for hydroxylation is 1. The fourth-order valence-corrected chi connectivity index (χ4v) is 3.83. The summed E-state index contributed by atoms with van der Waals surface area (Å²) in [4.78, 5) is 3.36.